The van der Waals surface area contributed by atoms with Crippen molar-refractivity contribution in [2.75, 3.05) is 13.2 Å². The van der Waals surface area contributed by atoms with E-state index in [9.17, 15) is 0 Å². The summed E-state index contributed by atoms with van der Waals surface area (Å²) >= 11 is 0. The van der Waals surface area contributed by atoms with E-state index in [1.807, 2.05) is 0 Å². The van der Waals surface area contributed by atoms with Gasteiger partial charge in [0, 0.05) is 12.1 Å². The fourth-order valence-corrected chi connectivity index (χ4v) is 2.71. The molecule has 3 rings (SSSR count). The highest BCUT2D eigenvalue weighted by molar-refractivity contribution is 6.12. The Morgan fingerprint density at radius 1 is 1.09 bits per heavy atom. The van der Waals surface area contributed by atoms with Crippen molar-refractivity contribution in [1.29, 1.82) is 0 Å². The van der Waals surface area contributed by atoms with Gasteiger partial charge in [-0.2, -0.15) is 0 Å². The van der Waals surface area contributed by atoms with Crippen LogP contribution in [0.1, 0.15) is 35.6 Å². The van der Waals surface area contributed by atoms with Gasteiger partial charge in [-0.25, -0.2) is 0 Å². The quantitative estimate of drug-likeness (QED) is 0.774. The number of hydrogen-bond acceptors (Lipinski definition) is 2. The summed E-state index contributed by atoms with van der Waals surface area (Å²) < 4.78 is 5.74. The van der Waals surface area contributed by atoms with Crippen LogP contribution in [-0.2, 0) is 6.42 Å². The zero-order chi connectivity index (χ0) is 16.1. The molecule has 0 bridgehead atoms. The minimum Gasteiger partial charge on any atom is -0.494 e. The molecule has 0 saturated carbocycles. The number of aliphatic imine (C=N–C) groups is 1. The molecule has 1 aliphatic rings. The molecule has 2 aromatic carbocycles. The number of rotatable bonds is 5. The summed E-state index contributed by atoms with van der Waals surface area (Å²) in [6, 6.07) is 14.9. The van der Waals surface area contributed by atoms with Crippen LogP contribution in [0.25, 0.3) is 6.08 Å². The first-order valence-corrected chi connectivity index (χ1v) is 8.31. The number of aryl methyl sites for hydroxylation is 1. The molecule has 0 unspecified atom stereocenters. The van der Waals surface area contributed by atoms with Crippen molar-refractivity contribution in [2.45, 2.75) is 26.7 Å². The van der Waals surface area contributed by atoms with E-state index in [1.165, 1.54) is 22.3 Å². The Morgan fingerprint density at radius 2 is 1.91 bits per heavy atom. The predicted octanol–water partition coefficient (Wildman–Crippen LogP) is 4.84. The molecular weight excluding hydrogens is 282 g/mol. The van der Waals surface area contributed by atoms with Gasteiger partial charge in [-0.3, -0.25) is 4.99 Å². The smallest absolute Gasteiger partial charge is 0.119 e. The van der Waals surface area contributed by atoms with E-state index in [1.54, 1.807) is 0 Å². The van der Waals surface area contributed by atoms with Gasteiger partial charge in [0.05, 0.1) is 12.3 Å². The summed E-state index contributed by atoms with van der Waals surface area (Å²) in [5.41, 5.74) is 6.10. The molecule has 118 valence electrons. The van der Waals surface area contributed by atoms with Gasteiger partial charge in [0.25, 0.3) is 0 Å². The van der Waals surface area contributed by atoms with Crippen molar-refractivity contribution in [3.05, 3.63) is 70.8 Å². The van der Waals surface area contributed by atoms with E-state index in [0.29, 0.717) is 0 Å². The maximum Gasteiger partial charge on any atom is 0.119 e. The summed E-state index contributed by atoms with van der Waals surface area (Å²) in [4.78, 5) is 4.68. The Morgan fingerprint density at radius 3 is 2.70 bits per heavy atom. The molecule has 0 N–H and O–H groups in total. The second kappa shape index (κ2) is 7.28. The second-order valence-electron chi connectivity index (χ2n) is 5.93. The number of nitrogens with zero attached hydrogens (tertiary/aromatic N) is 1. The molecule has 0 spiro atoms. The Hall–Kier alpha value is -2.35. The fourth-order valence-electron chi connectivity index (χ4n) is 2.71. The lowest BCUT2D eigenvalue weighted by molar-refractivity contribution is 0.317. The van der Waals surface area contributed by atoms with Gasteiger partial charge in [-0.1, -0.05) is 42.8 Å². The molecule has 2 aromatic rings. The van der Waals surface area contributed by atoms with Gasteiger partial charge in [-0.15, -0.1) is 0 Å². The van der Waals surface area contributed by atoms with Crippen LogP contribution in [-0.4, -0.2) is 18.9 Å². The van der Waals surface area contributed by atoms with Crippen molar-refractivity contribution in [2.24, 2.45) is 4.99 Å². The molecule has 0 radical (unpaired) electrons. The Labute approximate surface area is 138 Å². The van der Waals surface area contributed by atoms with Crippen LogP contribution in [0.4, 0.5) is 0 Å². The van der Waals surface area contributed by atoms with Crippen LogP contribution in [0, 0.1) is 6.92 Å². The molecule has 0 aromatic heterocycles. The number of benzene rings is 2. The van der Waals surface area contributed by atoms with Crippen molar-refractivity contribution >= 4 is 11.8 Å². The van der Waals surface area contributed by atoms with Gasteiger partial charge in [0.1, 0.15) is 5.75 Å². The van der Waals surface area contributed by atoms with E-state index < -0.39 is 0 Å². The summed E-state index contributed by atoms with van der Waals surface area (Å²) in [6.45, 7) is 5.84. The van der Waals surface area contributed by atoms with Gasteiger partial charge in [0.15, 0.2) is 0 Å². The molecule has 0 amide bonds. The second-order valence-corrected chi connectivity index (χ2v) is 5.93. The highest BCUT2D eigenvalue weighted by Crippen LogP contribution is 2.23. The third-order valence-electron chi connectivity index (χ3n) is 4.00. The molecule has 2 heteroatoms. The third-order valence-corrected chi connectivity index (χ3v) is 4.00. The predicted molar refractivity (Wildman–Crippen MR) is 97.5 cm³/mol. The lowest BCUT2D eigenvalue weighted by Gasteiger charge is -2.16. The van der Waals surface area contributed by atoms with E-state index in [4.69, 9.17) is 4.74 Å². The maximum absolute atomic E-state index is 5.74. The first-order valence-electron chi connectivity index (χ1n) is 8.31. The molecule has 23 heavy (non-hydrogen) atoms. The van der Waals surface area contributed by atoms with Gasteiger partial charge in [-0.05, 0) is 55.2 Å². The largest absolute Gasteiger partial charge is 0.494 e. The van der Waals surface area contributed by atoms with Crippen LogP contribution in [0.5, 0.6) is 5.75 Å². The van der Waals surface area contributed by atoms with Crippen molar-refractivity contribution in [1.82, 2.24) is 0 Å². The summed E-state index contributed by atoms with van der Waals surface area (Å²) in [5, 5.41) is 0. The third kappa shape index (κ3) is 3.89. The average Bonchev–Trinajstić information content (AvgIpc) is 2.59. The molecule has 0 aliphatic carbocycles. The minimum absolute atomic E-state index is 0.771. The number of allylic oxidation sites excluding steroid dienone is 1. The Kier molecular flexibility index (Phi) is 4.92. The first kappa shape index (κ1) is 15.5. The van der Waals surface area contributed by atoms with Gasteiger partial charge >= 0.3 is 0 Å². The first-order chi connectivity index (χ1) is 11.3. The Balaban J connectivity index is 1.80. The van der Waals surface area contributed by atoms with Crippen molar-refractivity contribution < 1.29 is 4.74 Å². The molecule has 0 saturated heterocycles. The van der Waals surface area contributed by atoms with Gasteiger partial charge in [0.2, 0.25) is 0 Å². The van der Waals surface area contributed by atoms with Crippen molar-refractivity contribution in [3.63, 3.8) is 0 Å². The minimum atomic E-state index is 0.771. The van der Waals surface area contributed by atoms with Crippen LogP contribution in [0.3, 0.4) is 0 Å². The zero-order valence-corrected chi connectivity index (χ0v) is 13.9. The maximum atomic E-state index is 5.74. The molecule has 0 fully saturated rings. The highest BCUT2D eigenvalue weighted by Gasteiger charge is 2.12. The fraction of sp³-hybridized carbons (Fsp3) is 0.286. The summed E-state index contributed by atoms with van der Waals surface area (Å²) in [7, 11) is 0. The topological polar surface area (TPSA) is 21.6 Å². The number of fused-ring (bicyclic) bond motifs is 1. The van der Waals surface area contributed by atoms with Crippen LogP contribution in [0.2, 0.25) is 0 Å². The highest BCUT2D eigenvalue weighted by atomic mass is 16.5. The van der Waals surface area contributed by atoms with Crippen molar-refractivity contribution in [3.8, 4) is 5.75 Å². The van der Waals surface area contributed by atoms with Gasteiger partial charge < -0.3 is 4.74 Å². The molecule has 0 atom stereocenters. The average molecular weight is 305 g/mol. The molecular formula is C21H23NO. The van der Waals surface area contributed by atoms with E-state index in [-0.39, 0.29) is 0 Å². The number of hydrogen-bond donors (Lipinski definition) is 0. The number of ether oxygens (including phenoxy) is 1. The molecule has 1 aliphatic heterocycles. The Bertz CT molecular complexity index is 726. The SMILES string of the molecule is CCCOc1ccc2c(c1)CCN=C2/C=C/c1ccc(C)cc1. The summed E-state index contributed by atoms with van der Waals surface area (Å²) in [5.74, 6) is 0.967. The standard InChI is InChI=1S/C21H23NO/c1-3-14-23-19-9-10-20-18(15-19)12-13-22-21(20)11-8-17-6-4-16(2)5-7-17/h4-11,15H,3,12-14H2,1-2H3/b11-8+. The van der Waals surface area contributed by atoms with Crippen LogP contribution < -0.4 is 4.74 Å². The normalized spacial score (nSPS) is 13.7. The lowest BCUT2D eigenvalue weighted by atomic mass is 9.96. The van der Waals surface area contributed by atoms with E-state index >= 15 is 0 Å². The monoisotopic (exact) mass is 305 g/mol. The van der Waals surface area contributed by atoms with E-state index in [0.717, 1.165) is 37.5 Å². The van der Waals surface area contributed by atoms with E-state index in [2.05, 4.69) is 73.5 Å². The van der Waals surface area contributed by atoms with Crippen LogP contribution >= 0.6 is 0 Å². The summed E-state index contributed by atoms with van der Waals surface area (Å²) in [6.07, 6.45) is 6.27. The van der Waals surface area contributed by atoms with Crippen LogP contribution in [0.15, 0.2) is 53.5 Å². The molecule has 1 heterocycles. The zero-order valence-electron chi connectivity index (χ0n) is 13.9. The lowest BCUT2D eigenvalue weighted by Crippen LogP contribution is -2.11. The molecule has 2 nitrogen and oxygen atoms in total.